The van der Waals surface area contributed by atoms with Crippen LogP contribution < -0.4 is 9.47 Å². The molecule has 0 saturated carbocycles. The molecule has 4 rings (SSSR count). The number of nitrogens with zero attached hydrogens (tertiary/aromatic N) is 1. The van der Waals surface area contributed by atoms with Gasteiger partial charge in [0.1, 0.15) is 11.5 Å². The minimum absolute atomic E-state index is 0.124. The van der Waals surface area contributed by atoms with E-state index in [-0.39, 0.29) is 5.91 Å². The van der Waals surface area contributed by atoms with Crippen LogP contribution >= 0.6 is 0 Å². The van der Waals surface area contributed by atoms with Crippen LogP contribution in [0.2, 0.25) is 0 Å². The Morgan fingerprint density at radius 3 is 2.48 bits per heavy atom. The van der Waals surface area contributed by atoms with Crippen LogP contribution in [0.15, 0.2) is 54.6 Å². The summed E-state index contributed by atoms with van der Waals surface area (Å²) in [4.78, 5) is 14.0. The number of fused-ring (bicyclic) bond motifs is 2. The monoisotopic (exact) mass is 279 g/mol. The van der Waals surface area contributed by atoms with Crippen LogP contribution in [0.4, 0.5) is 0 Å². The lowest BCUT2D eigenvalue weighted by Crippen LogP contribution is -2.60. The molecule has 1 unspecified atom stereocenters. The third kappa shape index (κ3) is 1.65. The number of amides is 1. The Labute approximate surface area is 122 Å². The summed E-state index contributed by atoms with van der Waals surface area (Å²) in [5.41, 5.74) is 1.51. The van der Waals surface area contributed by atoms with E-state index in [9.17, 15) is 4.79 Å². The molecule has 21 heavy (non-hydrogen) atoms. The summed E-state index contributed by atoms with van der Waals surface area (Å²) in [5, 5.41) is 0. The molecular formula is C17H13NO3. The van der Waals surface area contributed by atoms with Crippen LogP contribution in [0.1, 0.15) is 15.9 Å². The quantitative estimate of drug-likeness (QED) is 0.744. The Hall–Kier alpha value is -2.75. The molecule has 0 N–H and O–H groups in total. The maximum atomic E-state index is 12.5. The van der Waals surface area contributed by atoms with Gasteiger partial charge in [-0.3, -0.25) is 9.69 Å². The third-order valence-electron chi connectivity index (χ3n) is 3.79. The zero-order valence-electron chi connectivity index (χ0n) is 11.4. The highest BCUT2D eigenvalue weighted by atomic mass is 16.7. The van der Waals surface area contributed by atoms with Gasteiger partial charge in [0.05, 0.1) is 5.56 Å². The molecule has 1 spiro atoms. The normalized spacial score (nSPS) is 22.3. The molecule has 4 nitrogen and oxygen atoms in total. The summed E-state index contributed by atoms with van der Waals surface area (Å²) >= 11 is 0. The first-order valence-electron chi connectivity index (χ1n) is 6.73. The van der Waals surface area contributed by atoms with Crippen LogP contribution in [-0.2, 0) is 0 Å². The van der Waals surface area contributed by atoms with Crippen molar-refractivity contribution in [3.8, 4) is 11.5 Å². The van der Waals surface area contributed by atoms with Gasteiger partial charge >= 0.3 is 5.91 Å². The molecule has 104 valence electrons. The number of benzene rings is 2. The first kappa shape index (κ1) is 12.0. The first-order valence-corrected chi connectivity index (χ1v) is 6.73. The van der Waals surface area contributed by atoms with Crippen molar-refractivity contribution in [2.24, 2.45) is 0 Å². The summed E-state index contributed by atoms with van der Waals surface area (Å²) < 4.78 is 12.0. The molecule has 1 amide bonds. The average molecular weight is 279 g/mol. The summed E-state index contributed by atoms with van der Waals surface area (Å²) in [6.07, 6.45) is 3.68. The second-order valence-electron chi connectivity index (χ2n) is 5.07. The summed E-state index contributed by atoms with van der Waals surface area (Å²) in [6, 6.07) is 14.8. The number of carbonyl (C=O) groups is 1. The van der Waals surface area contributed by atoms with Crippen molar-refractivity contribution in [2.75, 3.05) is 7.05 Å². The summed E-state index contributed by atoms with van der Waals surface area (Å²) in [7, 11) is 1.68. The molecule has 1 atom stereocenters. The first-order chi connectivity index (χ1) is 10.2. The van der Waals surface area contributed by atoms with Gasteiger partial charge in [-0.1, -0.05) is 30.3 Å². The van der Waals surface area contributed by atoms with Crippen molar-refractivity contribution in [1.29, 1.82) is 0 Å². The lowest BCUT2D eigenvalue weighted by Gasteiger charge is -2.43. The number of rotatable bonds is 0. The van der Waals surface area contributed by atoms with Gasteiger partial charge < -0.3 is 9.47 Å². The van der Waals surface area contributed by atoms with E-state index in [1.54, 1.807) is 25.3 Å². The van der Waals surface area contributed by atoms with Crippen LogP contribution in [0.25, 0.3) is 6.08 Å². The molecular weight excluding hydrogens is 266 g/mol. The minimum Gasteiger partial charge on any atom is -0.431 e. The van der Waals surface area contributed by atoms with E-state index >= 15 is 0 Å². The van der Waals surface area contributed by atoms with Gasteiger partial charge in [-0.25, -0.2) is 0 Å². The SMILES string of the molecule is CN1C(=O)c2ccccc2OC12C=Cc1ccccc1O2. The number of ether oxygens (including phenoxy) is 2. The molecule has 0 aliphatic carbocycles. The second kappa shape index (κ2) is 4.12. The van der Waals surface area contributed by atoms with E-state index in [4.69, 9.17) is 9.47 Å². The van der Waals surface area contributed by atoms with Gasteiger partial charge in [0.2, 0.25) is 0 Å². The predicted molar refractivity (Wildman–Crippen MR) is 78.0 cm³/mol. The smallest absolute Gasteiger partial charge is 0.362 e. The third-order valence-corrected chi connectivity index (χ3v) is 3.79. The average Bonchev–Trinajstić information content (AvgIpc) is 2.53. The Bertz CT molecular complexity index is 768. The lowest BCUT2D eigenvalue weighted by atomic mass is 10.1. The van der Waals surface area contributed by atoms with Crippen LogP contribution in [0.5, 0.6) is 11.5 Å². The molecule has 2 aliphatic rings. The van der Waals surface area contributed by atoms with E-state index in [2.05, 4.69) is 0 Å². The van der Waals surface area contributed by atoms with Crippen molar-refractivity contribution < 1.29 is 14.3 Å². The standard InChI is InChI=1S/C17H13NO3/c1-18-16(19)13-7-3-5-9-15(13)21-17(18)11-10-12-6-2-4-8-14(12)20-17/h2-11H,1H3. The minimum atomic E-state index is -1.22. The number of carbonyl (C=O) groups excluding carboxylic acids is 1. The Morgan fingerprint density at radius 1 is 0.952 bits per heavy atom. The number of likely N-dealkylation sites (N-methyl/N-ethyl adjacent to an activating group) is 1. The highest BCUT2D eigenvalue weighted by Crippen LogP contribution is 2.39. The Balaban J connectivity index is 1.83. The molecule has 0 aromatic heterocycles. The van der Waals surface area contributed by atoms with Crippen molar-refractivity contribution >= 4 is 12.0 Å². The zero-order valence-corrected chi connectivity index (χ0v) is 11.4. The zero-order chi connectivity index (χ0) is 14.4. The fourth-order valence-corrected chi connectivity index (χ4v) is 2.61. The fourth-order valence-electron chi connectivity index (χ4n) is 2.61. The molecule has 0 radical (unpaired) electrons. The van der Waals surface area contributed by atoms with Crippen molar-refractivity contribution in [3.63, 3.8) is 0 Å². The van der Waals surface area contributed by atoms with E-state index in [0.29, 0.717) is 17.1 Å². The second-order valence-corrected chi connectivity index (χ2v) is 5.07. The Morgan fingerprint density at radius 2 is 1.62 bits per heavy atom. The maximum absolute atomic E-state index is 12.5. The largest absolute Gasteiger partial charge is 0.431 e. The van der Waals surface area contributed by atoms with Crippen LogP contribution in [0, 0.1) is 0 Å². The van der Waals surface area contributed by atoms with Gasteiger partial charge in [-0.05, 0) is 24.3 Å². The summed E-state index contributed by atoms with van der Waals surface area (Å²) in [6.45, 7) is 0. The lowest BCUT2D eigenvalue weighted by molar-refractivity contribution is -0.166. The molecule has 0 saturated heterocycles. The van der Waals surface area contributed by atoms with E-state index in [0.717, 1.165) is 5.56 Å². The Kier molecular flexibility index (Phi) is 2.36. The molecule has 0 bridgehead atoms. The van der Waals surface area contributed by atoms with E-state index in [1.807, 2.05) is 42.5 Å². The predicted octanol–water partition coefficient (Wildman–Crippen LogP) is 2.91. The van der Waals surface area contributed by atoms with Crippen LogP contribution in [-0.4, -0.2) is 23.8 Å². The summed E-state index contributed by atoms with van der Waals surface area (Å²) in [5.74, 6) is -0.121. The van der Waals surface area contributed by atoms with Crippen LogP contribution in [0.3, 0.4) is 0 Å². The van der Waals surface area contributed by atoms with E-state index < -0.39 is 5.91 Å². The highest BCUT2D eigenvalue weighted by Gasteiger charge is 2.47. The van der Waals surface area contributed by atoms with Gasteiger partial charge in [-0.15, -0.1) is 0 Å². The van der Waals surface area contributed by atoms with Crippen molar-refractivity contribution in [1.82, 2.24) is 4.90 Å². The van der Waals surface area contributed by atoms with E-state index in [1.165, 1.54) is 4.90 Å². The number of para-hydroxylation sites is 2. The van der Waals surface area contributed by atoms with Gasteiger partial charge in [0.15, 0.2) is 0 Å². The molecule has 4 heteroatoms. The molecule has 2 heterocycles. The topological polar surface area (TPSA) is 38.8 Å². The van der Waals surface area contributed by atoms with Gasteiger partial charge in [0, 0.05) is 18.7 Å². The molecule has 2 aromatic carbocycles. The van der Waals surface area contributed by atoms with Gasteiger partial charge in [-0.2, -0.15) is 0 Å². The molecule has 2 aromatic rings. The fraction of sp³-hybridized carbons (Fsp3) is 0.118. The van der Waals surface area contributed by atoms with Gasteiger partial charge in [0.25, 0.3) is 5.91 Å². The molecule has 0 fully saturated rings. The highest BCUT2D eigenvalue weighted by molar-refractivity contribution is 5.98. The maximum Gasteiger partial charge on any atom is 0.362 e. The molecule has 2 aliphatic heterocycles. The number of hydrogen-bond acceptors (Lipinski definition) is 3. The number of hydrogen-bond donors (Lipinski definition) is 0. The van der Waals surface area contributed by atoms with Crippen molar-refractivity contribution in [3.05, 3.63) is 65.7 Å². The van der Waals surface area contributed by atoms with Crippen molar-refractivity contribution in [2.45, 2.75) is 5.91 Å².